The van der Waals surface area contributed by atoms with E-state index in [0.29, 0.717) is 17.7 Å². The van der Waals surface area contributed by atoms with Crippen LogP contribution in [0, 0.1) is 0 Å². The molecule has 6 nitrogen and oxygen atoms in total. The molecule has 1 fully saturated rings. The molecular weight excluding hydrogens is 370 g/mol. The van der Waals surface area contributed by atoms with E-state index in [2.05, 4.69) is 0 Å². The molecule has 0 unspecified atom stereocenters. The van der Waals surface area contributed by atoms with Gasteiger partial charge in [-0.25, -0.2) is 9.59 Å². The number of benzene rings is 2. The number of hydrogen-bond donors (Lipinski definition) is 0. The number of amides is 1. The van der Waals surface area contributed by atoms with Crippen molar-refractivity contribution >= 4 is 12.1 Å². The van der Waals surface area contributed by atoms with E-state index in [1.807, 2.05) is 26.0 Å². The lowest BCUT2D eigenvalue weighted by Crippen LogP contribution is -2.56. The first-order valence-corrected chi connectivity index (χ1v) is 9.52. The van der Waals surface area contributed by atoms with Gasteiger partial charge in [0.05, 0.1) is 19.3 Å². The molecule has 0 radical (unpaired) electrons. The van der Waals surface area contributed by atoms with E-state index in [1.165, 1.54) is 12.0 Å². The fourth-order valence-electron chi connectivity index (χ4n) is 3.91. The molecule has 1 heterocycles. The molecule has 0 N–H and O–H groups in total. The highest BCUT2D eigenvalue weighted by Gasteiger charge is 2.54. The van der Waals surface area contributed by atoms with Crippen molar-refractivity contribution in [2.75, 3.05) is 13.7 Å². The Balaban J connectivity index is 2.16. The fraction of sp³-hybridized carbons (Fsp3) is 0.391. The molecule has 154 valence electrons. The van der Waals surface area contributed by atoms with Gasteiger partial charge in [0.2, 0.25) is 0 Å². The van der Waals surface area contributed by atoms with Gasteiger partial charge < -0.3 is 14.2 Å². The van der Waals surface area contributed by atoms with Crippen LogP contribution in [0.2, 0.25) is 0 Å². The molecule has 1 aliphatic heterocycles. The fourth-order valence-corrected chi connectivity index (χ4v) is 3.91. The van der Waals surface area contributed by atoms with Crippen LogP contribution in [0.15, 0.2) is 60.7 Å². The molecule has 0 atom stereocenters. The van der Waals surface area contributed by atoms with Gasteiger partial charge in [-0.15, -0.1) is 0 Å². The first kappa shape index (κ1) is 20.9. The minimum absolute atomic E-state index is 0.358. The molecule has 0 spiro atoms. The Morgan fingerprint density at radius 1 is 0.931 bits per heavy atom. The summed E-state index contributed by atoms with van der Waals surface area (Å²) in [6.45, 7) is 7.75. The van der Waals surface area contributed by atoms with Crippen LogP contribution >= 0.6 is 0 Å². The Kier molecular flexibility index (Phi) is 5.41. The van der Waals surface area contributed by atoms with Crippen molar-refractivity contribution in [1.82, 2.24) is 4.90 Å². The molecule has 1 aliphatic rings. The number of rotatable bonds is 4. The summed E-state index contributed by atoms with van der Waals surface area (Å²) in [6.07, 6.45) is -0.657. The molecule has 2 aromatic carbocycles. The number of esters is 1. The minimum Gasteiger partial charge on any atom is -0.466 e. The highest BCUT2D eigenvalue weighted by molar-refractivity contribution is 5.88. The lowest BCUT2D eigenvalue weighted by molar-refractivity contribution is -0.162. The second kappa shape index (κ2) is 7.52. The van der Waals surface area contributed by atoms with Crippen LogP contribution in [0.3, 0.4) is 0 Å². The molecule has 29 heavy (non-hydrogen) atoms. The molecule has 0 bridgehead atoms. The van der Waals surface area contributed by atoms with Crippen molar-refractivity contribution in [3.63, 3.8) is 0 Å². The van der Waals surface area contributed by atoms with Crippen molar-refractivity contribution in [1.29, 1.82) is 0 Å². The molecule has 2 aromatic rings. The van der Waals surface area contributed by atoms with Crippen molar-refractivity contribution < 1.29 is 23.8 Å². The number of carbonyl (C=O) groups excluding carboxylic acids is 2. The number of methoxy groups -OCH3 is 1. The molecule has 3 rings (SSSR count). The molecule has 1 saturated heterocycles. The Hall–Kier alpha value is -2.86. The first-order chi connectivity index (χ1) is 13.6. The van der Waals surface area contributed by atoms with Gasteiger partial charge in [0.25, 0.3) is 5.60 Å². The largest absolute Gasteiger partial charge is 0.466 e. The van der Waals surface area contributed by atoms with Crippen molar-refractivity contribution in [3.05, 3.63) is 71.8 Å². The Bertz CT molecular complexity index is 821. The third-order valence-electron chi connectivity index (χ3n) is 5.18. The molecular formula is C23H27NO5. The second-order valence-corrected chi connectivity index (χ2v) is 8.16. The average Bonchev–Trinajstić information content (AvgIpc) is 2.94. The van der Waals surface area contributed by atoms with Gasteiger partial charge in [-0.05, 0) is 27.7 Å². The van der Waals surface area contributed by atoms with Crippen LogP contribution in [-0.4, -0.2) is 41.9 Å². The zero-order valence-corrected chi connectivity index (χ0v) is 17.5. The topological polar surface area (TPSA) is 65.1 Å². The van der Waals surface area contributed by atoms with Crippen LogP contribution in [0.4, 0.5) is 4.79 Å². The third kappa shape index (κ3) is 3.60. The summed E-state index contributed by atoms with van der Waals surface area (Å²) < 4.78 is 17.0. The Morgan fingerprint density at radius 3 is 1.79 bits per heavy atom. The van der Waals surface area contributed by atoms with Crippen molar-refractivity contribution in [2.45, 2.75) is 44.6 Å². The average molecular weight is 397 g/mol. The SMILES string of the molecule is COC(=O)C(OC(=O)N1C(C)(C)COC1(C)C)(c1ccccc1)c1ccccc1. The molecule has 0 saturated carbocycles. The molecule has 0 aliphatic carbocycles. The van der Waals surface area contributed by atoms with Crippen LogP contribution in [0.1, 0.15) is 38.8 Å². The standard InChI is InChI=1S/C23H27NO5/c1-21(2)16-28-22(3,4)24(21)20(26)29-23(19(25)27-5,17-12-8-6-9-13-17)18-14-10-7-11-15-18/h6-15H,16H2,1-5H3. The smallest absolute Gasteiger partial charge is 0.414 e. The van der Waals surface area contributed by atoms with Crippen LogP contribution in [0.5, 0.6) is 0 Å². The van der Waals surface area contributed by atoms with E-state index in [-0.39, 0.29) is 0 Å². The van der Waals surface area contributed by atoms with E-state index < -0.39 is 28.9 Å². The molecule has 0 aromatic heterocycles. The van der Waals surface area contributed by atoms with Gasteiger partial charge in [-0.3, -0.25) is 4.90 Å². The van der Waals surface area contributed by atoms with Crippen molar-refractivity contribution in [2.24, 2.45) is 0 Å². The minimum atomic E-state index is -1.75. The maximum Gasteiger partial charge on any atom is 0.414 e. The number of carbonyl (C=O) groups is 2. The normalized spacial score (nSPS) is 17.6. The van der Waals surface area contributed by atoms with E-state index in [4.69, 9.17) is 14.2 Å². The summed E-state index contributed by atoms with van der Waals surface area (Å²) >= 11 is 0. The predicted molar refractivity (Wildman–Crippen MR) is 108 cm³/mol. The quantitative estimate of drug-likeness (QED) is 0.727. The van der Waals surface area contributed by atoms with E-state index >= 15 is 0 Å². The van der Waals surface area contributed by atoms with Crippen molar-refractivity contribution in [3.8, 4) is 0 Å². The molecule has 1 amide bonds. The van der Waals surface area contributed by atoms with Gasteiger partial charge in [0.15, 0.2) is 0 Å². The zero-order chi connectivity index (χ0) is 21.3. The highest BCUT2D eigenvalue weighted by Crippen LogP contribution is 2.40. The number of nitrogens with zero attached hydrogens (tertiary/aromatic N) is 1. The number of hydrogen-bond acceptors (Lipinski definition) is 5. The zero-order valence-electron chi connectivity index (χ0n) is 17.5. The summed E-state index contributed by atoms with van der Waals surface area (Å²) in [5.41, 5.74) is -2.22. The summed E-state index contributed by atoms with van der Waals surface area (Å²) in [4.78, 5) is 28.2. The van der Waals surface area contributed by atoms with E-state index in [1.54, 1.807) is 62.4 Å². The van der Waals surface area contributed by atoms with Crippen LogP contribution < -0.4 is 0 Å². The molecule has 6 heteroatoms. The maximum absolute atomic E-state index is 13.5. The Labute approximate surface area is 171 Å². The monoisotopic (exact) mass is 397 g/mol. The first-order valence-electron chi connectivity index (χ1n) is 9.52. The summed E-state index contributed by atoms with van der Waals surface area (Å²) in [7, 11) is 1.28. The van der Waals surface area contributed by atoms with E-state index in [0.717, 1.165) is 0 Å². The van der Waals surface area contributed by atoms with Gasteiger partial charge in [-0.1, -0.05) is 60.7 Å². The third-order valence-corrected chi connectivity index (χ3v) is 5.18. The summed E-state index contributed by atoms with van der Waals surface area (Å²) in [5.74, 6) is -0.682. The summed E-state index contributed by atoms with van der Waals surface area (Å²) in [6, 6.07) is 17.8. The lowest BCUT2D eigenvalue weighted by Gasteiger charge is -2.40. The van der Waals surface area contributed by atoms with Gasteiger partial charge in [0, 0.05) is 11.1 Å². The summed E-state index contributed by atoms with van der Waals surface area (Å²) in [5, 5.41) is 0. The highest BCUT2D eigenvalue weighted by atomic mass is 16.6. The van der Waals surface area contributed by atoms with Gasteiger partial charge in [-0.2, -0.15) is 0 Å². The van der Waals surface area contributed by atoms with E-state index in [9.17, 15) is 9.59 Å². The van der Waals surface area contributed by atoms with Gasteiger partial charge in [0.1, 0.15) is 5.72 Å². The van der Waals surface area contributed by atoms with Gasteiger partial charge >= 0.3 is 12.1 Å². The number of ether oxygens (including phenoxy) is 3. The predicted octanol–water partition coefficient (Wildman–Crippen LogP) is 4.09. The van der Waals surface area contributed by atoms with Crippen LogP contribution in [0.25, 0.3) is 0 Å². The van der Waals surface area contributed by atoms with Crippen LogP contribution in [-0.2, 0) is 24.6 Å². The maximum atomic E-state index is 13.5. The Morgan fingerprint density at radius 2 is 1.41 bits per heavy atom. The second-order valence-electron chi connectivity index (χ2n) is 8.16. The lowest BCUT2D eigenvalue weighted by atomic mass is 9.86.